The number of nitrogens with one attached hydrogen (secondary N) is 1. The van der Waals surface area contributed by atoms with Crippen LogP contribution in [0, 0.1) is 0 Å². The Hall–Kier alpha value is -2.40. The normalized spacial score (nSPS) is 10.9. The molecule has 1 amide bonds. The number of halogens is 1. The molecule has 0 bridgehead atoms. The molecular formula is C20H20ClN3O5S2. The minimum Gasteiger partial charge on any atom is -0.465 e. The Labute approximate surface area is 191 Å². The number of benzene rings is 1. The number of amides is 1. The van der Waals surface area contributed by atoms with Crippen LogP contribution in [-0.4, -0.2) is 48.0 Å². The molecule has 0 atom stereocenters. The second-order valence-electron chi connectivity index (χ2n) is 6.35. The van der Waals surface area contributed by atoms with Crippen LogP contribution in [0.5, 0.6) is 0 Å². The smallest absolute Gasteiger partial charge is 0.350 e. The Balaban J connectivity index is 1.81. The molecule has 8 nitrogen and oxygen atoms in total. The molecule has 2 heterocycles. The molecule has 0 unspecified atom stereocenters. The third-order valence-corrected chi connectivity index (χ3v) is 6.36. The monoisotopic (exact) mass is 481 g/mol. The van der Waals surface area contributed by atoms with Gasteiger partial charge in [-0.1, -0.05) is 23.4 Å². The van der Waals surface area contributed by atoms with Gasteiger partial charge < -0.3 is 14.8 Å². The van der Waals surface area contributed by atoms with Crippen LogP contribution in [-0.2, 0) is 20.8 Å². The topological polar surface area (TPSA) is 99.5 Å². The molecule has 0 saturated carbocycles. The number of carbonyl (C=O) groups is 2. The van der Waals surface area contributed by atoms with Crippen LogP contribution in [0.1, 0.15) is 16.1 Å². The average Bonchev–Trinajstić information content (AvgIpc) is 3.21. The molecule has 0 radical (unpaired) electrons. The summed E-state index contributed by atoms with van der Waals surface area (Å²) >= 11 is 8.36. The van der Waals surface area contributed by atoms with Crippen LogP contribution in [0.15, 0.2) is 39.6 Å². The van der Waals surface area contributed by atoms with Gasteiger partial charge in [-0.2, -0.15) is 0 Å². The highest BCUT2D eigenvalue weighted by Crippen LogP contribution is 2.24. The van der Waals surface area contributed by atoms with E-state index in [0.717, 1.165) is 11.8 Å². The summed E-state index contributed by atoms with van der Waals surface area (Å²) in [4.78, 5) is 42.1. The standard InChI is InChI=1S/C20H20ClN3O5S2/c1-28-8-3-7-24-18(26)13-5-4-12(21)10-15(13)23-20(24)31-11-16(25)22-14-6-9-30-17(14)19(27)29-2/h4-6,9-10H,3,7-8,11H2,1-2H3,(H,22,25). The van der Waals surface area contributed by atoms with E-state index in [-0.39, 0.29) is 17.2 Å². The molecule has 0 fully saturated rings. The third kappa shape index (κ3) is 5.65. The number of hydrogen-bond donors (Lipinski definition) is 1. The van der Waals surface area contributed by atoms with Crippen molar-refractivity contribution < 1.29 is 19.1 Å². The maximum atomic E-state index is 13.0. The Morgan fingerprint density at radius 1 is 1.29 bits per heavy atom. The van der Waals surface area contributed by atoms with Crippen molar-refractivity contribution in [2.24, 2.45) is 0 Å². The summed E-state index contributed by atoms with van der Waals surface area (Å²) in [7, 11) is 2.88. The lowest BCUT2D eigenvalue weighted by Crippen LogP contribution is -2.25. The first-order valence-corrected chi connectivity index (χ1v) is 11.5. The molecule has 0 saturated heterocycles. The van der Waals surface area contributed by atoms with E-state index in [1.54, 1.807) is 36.8 Å². The maximum absolute atomic E-state index is 13.0. The summed E-state index contributed by atoms with van der Waals surface area (Å²) in [5, 5.41) is 5.73. The molecular weight excluding hydrogens is 462 g/mol. The highest BCUT2D eigenvalue weighted by molar-refractivity contribution is 7.99. The molecule has 1 aromatic carbocycles. The first kappa shape index (κ1) is 23.3. The van der Waals surface area contributed by atoms with Crippen molar-refractivity contribution in [3.63, 3.8) is 0 Å². The van der Waals surface area contributed by atoms with Gasteiger partial charge in [-0.25, -0.2) is 9.78 Å². The largest absolute Gasteiger partial charge is 0.465 e. The lowest BCUT2D eigenvalue weighted by Gasteiger charge is -2.13. The van der Waals surface area contributed by atoms with Gasteiger partial charge >= 0.3 is 5.97 Å². The molecule has 11 heteroatoms. The van der Waals surface area contributed by atoms with Crippen molar-refractivity contribution in [2.75, 3.05) is 31.9 Å². The van der Waals surface area contributed by atoms with Gasteiger partial charge in [0, 0.05) is 25.3 Å². The van der Waals surface area contributed by atoms with Gasteiger partial charge in [0.2, 0.25) is 5.91 Å². The summed E-state index contributed by atoms with van der Waals surface area (Å²) in [5.41, 5.74) is 0.652. The molecule has 2 aromatic heterocycles. The van der Waals surface area contributed by atoms with Crippen LogP contribution in [0.3, 0.4) is 0 Å². The second-order valence-corrected chi connectivity index (χ2v) is 8.65. The molecule has 0 aliphatic carbocycles. The average molecular weight is 482 g/mol. The molecule has 31 heavy (non-hydrogen) atoms. The first-order chi connectivity index (χ1) is 14.9. The first-order valence-electron chi connectivity index (χ1n) is 9.22. The maximum Gasteiger partial charge on any atom is 0.350 e. The summed E-state index contributed by atoms with van der Waals surface area (Å²) in [5.74, 6) is -0.852. The molecule has 0 spiro atoms. The van der Waals surface area contributed by atoms with Gasteiger partial charge in [-0.3, -0.25) is 14.2 Å². The zero-order valence-corrected chi connectivity index (χ0v) is 19.2. The number of rotatable bonds is 9. The van der Waals surface area contributed by atoms with Gasteiger partial charge in [0.15, 0.2) is 5.16 Å². The van der Waals surface area contributed by atoms with E-state index >= 15 is 0 Å². The van der Waals surface area contributed by atoms with Gasteiger partial charge in [0.25, 0.3) is 5.56 Å². The quantitative estimate of drug-likeness (QED) is 0.215. The number of thiophene rings is 1. The van der Waals surface area contributed by atoms with E-state index in [1.807, 2.05) is 0 Å². The second kappa shape index (κ2) is 10.8. The van der Waals surface area contributed by atoms with Gasteiger partial charge in [0.05, 0.1) is 29.5 Å². The number of nitrogens with zero attached hydrogens (tertiary/aromatic N) is 2. The fourth-order valence-corrected chi connectivity index (χ4v) is 4.58. The number of ether oxygens (including phenoxy) is 2. The van der Waals surface area contributed by atoms with Crippen molar-refractivity contribution in [3.8, 4) is 0 Å². The van der Waals surface area contributed by atoms with E-state index in [1.165, 1.54) is 23.0 Å². The van der Waals surface area contributed by atoms with Gasteiger partial charge in [-0.05, 0) is 36.1 Å². The van der Waals surface area contributed by atoms with E-state index in [9.17, 15) is 14.4 Å². The predicted molar refractivity (Wildman–Crippen MR) is 123 cm³/mol. The van der Waals surface area contributed by atoms with Crippen molar-refractivity contribution in [1.82, 2.24) is 9.55 Å². The molecule has 3 aromatic rings. The SMILES string of the molecule is COCCCn1c(SCC(=O)Nc2ccsc2C(=O)OC)nc2cc(Cl)ccc2c1=O. The number of anilines is 1. The highest BCUT2D eigenvalue weighted by atomic mass is 35.5. The van der Waals surface area contributed by atoms with Crippen molar-refractivity contribution >= 4 is 63.2 Å². The number of carbonyl (C=O) groups excluding carboxylic acids is 2. The highest BCUT2D eigenvalue weighted by Gasteiger charge is 2.17. The minimum atomic E-state index is -0.516. The number of fused-ring (bicyclic) bond motifs is 1. The zero-order chi connectivity index (χ0) is 22.4. The lowest BCUT2D eigenvalue weighted by molar-refractivity contribution is -0.113. The Kier molecular flexibility index (Phi) is 8.08. The van der Waals surface area contributed by atoms with E-state index in [4.69, 9.17) is 21.1 Å². The minimum absolute atomic E-state index is 0.000745. The fourth-order valence-electron chi connectivity index (χ4n) is 2.82. The van der Waals surface area contributed by atoms with Crippen molar-refractivity contribution in [2.45, 2.75) is 18.1 Å². The number of aromatic nitrogens is 2. The third-order valence-electron chi connectivity index (χ3n) is 4.25. The summed E-state index contributed by atoms with van der Waals surface area (Å²) in [6.07, 6.45) is 0.619. The zero-order valence-electron chi connectivity index (χ0n) is 16.8. The van der Waals surface area contributed by atoms with Crippen LogP contribution < -0.4 is 10.9 Å². The Bertz CT molecular complexity index is 1160. The molecule has 0 aliphatic rings. The number of thioether (sulfide) groups is 1. The molecule has 164 valence electrons. The predicted octanol–water partition coefficient (Wildman–Crippen LogP) is 3.67. The number of esters is 1. The van der Waals surface area contributed by atoms with Crippen molar-refractivity contribution in [3.05, 3.63) is 49.9 Å². The lowest BCUT2D eigenvalue weighted by atomic mass is 10.2. The van der Waals surface area contributed by atoms with Crippen LogP contribution >= 0.6 is 34.7 Å². The molecule has 0 aliphatic heterocycles. The summed E-state index contributed by atoms with van der Waals surface area (Å²) in [6, 6.07) is 6.55. The van der Waals surface area contributed by atoms with E-state index < -0.39 is 5.97 Å². The number of hydrogen-bond acceptors (Lipinski definition) is 8. The molecule has 3 rings (SSSR count). The van der Waals surface area contributed by atoms with Crippen LogP contribution in [0.4, 0.5) is 5.69 Å². The van der Waals surface area contributed by atoms with E-state index in [0.29, 0.717) is 51.2 Å². The number of methoxy groups -OCH3 is 2. The Morgan fingerprint density at radius 3 is 2.84 bits per heavy atom. The van der Waals surface area contributed by atoms with Gasteiger partial charge in [0.1, 0.15) is 4.88 Å². The van der Waals surface area contributed by atoms with Gasteiger partial charge in [-0.15, -0.1) is 11.3 Å². The Morgan fingerprint density at radius 2 is 2.10 bits per heavy atom. The fraction of sp³-hybridized carbons (Fsp3) is 0.300. The van der Waals surface area contributed by atoms with E-state index in [2.05, 4.69) is 10.3 Å². The van der Waals surface area contributed by atoms with Crippen LogP contribution in [0.2, 0.25) is 5.02 Å². The summed E-state index contributed by atoms with van der Waals surface area (Å²) < 4.78 is 11.3. The summed E-state index contributed by atoms with van der Waals surface area (Å²) in [6.45, 7) is 0.892. The van der Waals surface area contributed by atoms with Crippen LogP contribution in [0.25, 0.3) is 10.9 Å². The van der Waals surface area contributed by atoms with Crippen molar-refractivity contribution in [1.29, 1.82) is 0 Å². The molecule has 1 N–H and O–H groups in total.